The van der Waals surface area contributed by atoms with Crippen LogP contribution in [0.3, 0.4) is 0 Å². The van der Waals surface area contributed by atoms with Crippen LogP contribution in [0.5, 0.6) is 11.5 Å². The second kappa shape index (κ2) is 10.00. The van der Waals surface area contributed by atoms with Crippen molar-refractivity contribution in [2.45, 2.75) is 32.2 Å². The van der Waals surface area contributed by atoms with Crippen molar-refractivity contribution in [3.8, 4) is 11.5 Å². The molecule has 0 spiro atoms. The zero-order valence-corrected chi connectivity index (χ0v) is 14.8. The Kier molecular flexibility index (Phi) is 8.35. The molecule has 0 aliphatic rings. The first-order chi connectivity index (χ1) is 11.4. The molecule has 1 aromatic rings. The lowest BCUT2D eigenvalue weighted by molar-refractivity contribution is -0.139. The molecule has 1 atom stereocenters. The Balaban J connectivity index is 2.63. The largest absolute Gasteiger partial charge is 0.495 e. The van der Waals surface area contributed by atoms with Gasteiger partial charge in [0.05, 0.1) is 24.9 Å². The molecule has 24 heavy (non-hydrogen) atoms. The molecule has 0 heterocycles. The van der Waals surface area contributed by atoms with E-state index in [1.54, 1.807) is 12.1 Å². The van der Waals surface area contributed by atoms with Crippen LogP contribution < -0.4 is 20.1 Å². The van der Waals surface area contributed by atoms with Gasteiger partial charge in [-0.2, -0.15) is 0 Å². The van der Waals surface area contributed by atoms with Crippen LogP contribution in [-0.4, -0.2) is 43.8 Å². The molecule has 1 rings (SSSR count). The summed E-state index contributed by atoms with van der Waals surface area (Å²) in [4.78, 5) is 23.1. The lowest BCUT2D eigenvalue weighted by atomic mass is 10.1. The predicted molar refractivity (Wildman–Crippen MR) is 92.1 cm³/mol. The van der Waals surface area contributed by atoms with Crippen molar-refractivity contribution in [2.24, 2.45) is 0 Å². The Labute approximate surface area is 146 Å². The van der Waals surface area contributed by atoms with Crippen molar-refractivity contribution in [1.82, 2.24) is 5.32 Å². The molecule has 134 valence electrons. The van der Waals surface area contributed by atoms with Gasteiger partial charge >= 0.3 is 5.97 Å². The van der Waals surface area contributed by atoms with E-state index >= 15 is 0 Å². The third-order valence-electron chi connectivity index (χ3n) is 3.37. The molecule has 8 heteroatoms. The van der Waals surface area contributed by atoms with Gasteiger partial charge in [-0.1, -0.05) is 24.9 Å². The number of hydrogen-bond donors (Lipinski definition) is 3. The van der Waals surface area contributed by atoms with E-state index in [1.165, 1.54) is 14.2 Å². The highest BCUT2D eigenvalue weighted by Crippen LogP contribution is 2.35. The maximum atomic E-state index is 12.0. The van der Waals surface area contributed by atoms with Gasteiger partial charge in [-0.15, -0.1) is 0 Å². The Morgan fingerprint density at radius 3 is 2.46 bits per heavy atom. The number of amides is 1. The van der Waals surface area contributed by atoms with Gasteiger partial charge in [0.1, 0.15) is 17.5 Å². The van der Waals surface area contributed by atoms with Gasteiger partial charge in [0, 0.05) is 25.1 Å². The fraction of sp³-hybridized carbons (Fsp3) is 0.500. The minimum atomic E-state index is -0.915. The Bertz CT molecular complexity index is 580. The summed E-state index contributed by atoms with van der Waals surface area (Å²) < 4.78 is 10.3. The number of nitrogens with one attached hydrogen (secondary N) is 2. The summed E-state index contributed by atoms with van der Waals surface area (Å²) >= 11 is 6.01. The van der Waals surface area contributed by atoms with Crippen molar-refractivity contribution in [2.75, 3.05) is 26.1 Å². The molecule has 0 saturated carbocycles. The molecule has 0 saturated heterocycles. The van der Waals surface area contributed by atoms with Crippen LogP contribution in [0.4, 0.5) is 5.69 Å². The first kappa shape index (κ1) is 20.1. The van der Waals surface area contributed by atoms with E-state index in [0.29, 0.717) is 28.6 Å². The van der Waals surface area contributed by atoms with Crippen molar-refractivity contribution >= 4 is 29.2 Å². The first-order valence-electron chi connectivity index (χ1n) is 7.60. The van der Waals surface area contributed by atoms with Crippen molar-refractivity contribution in [1.29, 1.82) is 0 Å². The van der Waals surface area contributed by atoms with E-state index in [2.05, 4.69) is 10.6 Å². The Morgan fingerprint density at radius 1 is 1.25 bits per heavy atom. The summed E-state index contributed by atoms with van der Waals surface area (Å²) in [5, 5.41) is 15.0. The highest BCUT2D eigenvalue weighted by molar-refractivity contribution is 6.32. The minimum Gasteiger partial charge on any atom is -0.495 e. The molecule has 0 radical (unpaired) electrons. The Morgan fingerprint density at radius 2 is 1.92 bits per heavy atom. The lowest BCUT2D eigenvalue weighted by Crippen LogP contribution is -2.38. The third kappa shape index (κ3) is 5.90. The standard InChI is InChI=1S/C16H23ClN2O5/c1-4-5-11(16(21)22)18-7-6-15(20)19-12-9-13(23-2)10(17)8-14(12)24-3/h8-9,11,18H,4-7H2,1-3H3,(H,19,20)(H,21,22). The number of anilines is 1. The molecule has 1 amide bonds. The maximum absolute atomic E-state index is 12.0. The van der Waals surface area contributed by atoms with Gasteiger partial charge < -0.3 is 25.2 Å². The SMILES string of the molecule is CCCC(NCCC(=O)Nc1cc(OC)c(Cl)cc1OC)C(=O)O. The minimum absolute atomic E-state index is 0.127. The van der Waals surface area contributed by atoms with Gasteiger partial charge in [-0.3, -0.25) is 9.59 Å². The molecule has 3 N–H and O–H groups in total. The number of aliphatic carboxylic acids is 1. The fourth-order valence-electron chi connectivity index (χ4n) is 2.13. The number of ether oxygens (including phenoxy) is 2. The summed E-state index contributed by atoms with van der Waals surface area (Å²) in [6.45, 7) is 2.17. The fourth-order valence-corrected chi connectivity index (χ4v) is 2.36. The number of benzene rings is 1. The average molecular weight is 359 g/mol. The van der Waals surface area contributed by atoms with E-state index in [0.717, 1.165) is 6.42 Å². The second-order valence-corrected chi connectivity index (χ2v) is 5.53. The zero-order chi connectivity index (χ0) is 18.1. The molecule has 0 aliphatic heterocycles. The topological polar surface area (TPSA) is 96.9 Å². The number of carbonyl (C=O) groups is 2. The third-order valence-corrected chi connectivity index (χ3v) is 3.66. The van der Waals surface area contributed by atoms with Crippen LogP contribution in [0.25, 0.3) is 0 Å². The van der Waals surface area contributed by atoms with E-state index in [4.69, 9.17) is 26.2 Å². The van der Waals surface area contributed by atoms with Gasteiger partial charge in [0.25, 0.3) is 0 Å². The summed E-state index contributed by atoms with van der Waals surface area (Å²) in [7, 11) is 2.94. The number of hydrogen-bond acceptors (Lipinski definition) is 5. The maximum Gasteiger partial charge on any atom is 0.320 e. The highest BCUT2D eigenvalue weighted by Gasteiger charge is 2.16. The number of halogens is 1. The molecule has 1 aromatic carbocycles. The molecule has 0 bridgehead atoms. The molecule has 1 unspecified atom stereocenters. The van der Waals surface area contributed by atoms with Crippen molar-refractivity contribution < 1.29 is 24.2 Å². The van der Waals surface area contributed by atoms with Crippen LogP contribution in [-0.2, 0) is 9.59 Å². The van der Waals surface area contributed by atoms with E-state index in [1.807, 2.05) is 6.92 Å². The van der Waals surface area contributed by atoms with Crippen LogP contribution >= 0.6 is 11.6 Å². The molecular formula is C16H23ClN2O5. The quantitative estimate of drug-likeness (QED) is 0.594. The summed E-state index contributed by atoms with van der Waals surface area (Å²) in [5.41, 5.74) is 0.437. The van der Waals surface area contributed by atoms with E-state index in [-0.39, 0.29) is 18.9 Å². The summed E-state index contributed by atoms with van der Waals surface area (Å²) in [6.07, 6.45) is 1.39. The van der Waals surface area contributed by atoms with Crippen LogP contribution in [0.1, 0.15) is 26.2 Å². The van der Waals surface area contributed by atoms with Crippen LogP contribution in [0.15, 0.2) is 12.1 Å². The number of carboxylic acid groups (broad SMARTS) is 1. The summed E-state index contributed by atoms with van der Waals surface area (Å²) in [5.74, 6) is -0.358. The van der Waals surface area contributed by atoms with E-state index < -0.39 is 12.0 Å². The van der Waals surface area contributed by atoms with Crippen LogP contribution in [0, 0.1) is 0 Å². The number of carbonyl (C=O) groups excluding carboxylic acids is 1. The summed E-state index contributed by atoms with van der Waals surface area (Å²) in [6, 6.07) is 2.48. The molecule has 0 aromatic heterocycles. The predicted octanol–water partition coefficient (Wildman–Crippen LogP) is 2.53. The molecule has 0 fully saturated rings. The van der Waals surface area contributed by atoms with Gasteiger partial charge in [-0.25, -0.2) is 0 Å². The lowest BCUT2D eigenvalue weighted by Gasteiger charge is -2.15. The normalized spacial score (nSPS) is 11.7. The monoisotopic (exact) mass is 358 g/mol. The van der Waals surface area contributed by atoms with Gasteiger partial charge in [0.2, 0.25) is 5.91 Å². The zero-order valence-electron chi connectivity index (χ0n) is 14.0. The number of carboxylic acids is 1. The second-order valence-electron chi connectivity index (χ2n) is 5.12. The van der Waals surface area contributed by atoms with Crippen molar-refractivity contribution in [3.05, 3.63) is 17.2 Å². The smallest absolute Gasteiger partial charge is 0.320 e. The molecule has 7 nitrogen and oxygen atoms in total. The highest BCUT2D eigenvalue weighted by atomic mass is 35.5. The van der Waals surface area contributed by atoms with Crippen molar-refractivity contribution in [3.63, 3.8) is 0 Å². The number of rotatable bonds is 10. The van der Waals surface area contributed by atoms with Gasteiger partial charge in [0.15, 0.2) is 0 Å². The van der Waals surface area contributed by atoms with E-state index in [9.17, 15) is 9.59 Å². The average Bonchev–Trinajstić information content (AvgIpc) is 2.55. The first-order valence-corrected chi connectivity index (χ1v) is 7.98. The number of methoxy groups -OCH3 is 2. The molecular weight excluding hydrogens is 336 g/mol. The van der Waals surface area contributed by atoms with Gasteiger partial charge in [-0.05, 0) is 6.42 Å². The Hall–Kier alpha value is -1.99. The molecule has 0 aliphatic carbocycles. The van der Waals surface area contributed by atoms with Crippen LogP contribution in [0.2, 0.25) is 5.02 Å².